The number of hydrogen-bond donors (Lipinski definition) is 0. The van der Waals surface area contributed by atoms with Crippen LogP contribution >= 0.6 is 0 Å². The predicted molar refractivity (Wildman–Crippen MR) is 37.9 cm³/mol. The van der Waals surface area contributed by atoms with Crippen LogP contribution in [0.15, 0.2) is 0 Å². The molecule has 0 N–H and O–H groups in total. The molecule has 1 fully saturated rings. The van der Waals surface area contributed by atoms with E-state index in [0.717, 1.165) is 3.93 Å². The van der Waals surface area contributed by atoms with E-state index in [0.29, 0.717) is 6.61 Å². The van der Waals surface area contributed by atoms with Gasteiger partial charge in [0.1, 0.15) is 0 Å². The summed E-state index contributed by atoms with van der Waals surface area (Å²) in [5, 5.41) is 0. The van der Waals surface area contributed by atoms with Gasteiger partial charge in [0.2, 0.25) is 0 Å². The van der Waals surface area contributed by atoms with Gasteiger partial charge in [0.15, 0.2) is 0 Å². The van der Waals surface area contributed by atoms with E-state index in [4.69, 9.17) is 17.2 Å². The fourth-order valence-corrected chi connectivity index (χ4v) is 4.80. The van der Waals surface area contributed by atoms with Gasteiger partial charge in [-0.15, -0.1) is 0 Å². The van der Waals surface area contributed by atoms with Crippen LogP contribution in [0.5, 0.6) is 0 Å². The third-order valence-corrected chi connectivity index (χ3v) is 7.38. The summed E-state index contributed by atoms with van der Waals surface area (Å²) in [6.07, 6.45) is -0.269. The molecule has 0 amide bonds. The zero-order valence-electron chi connectivity index (χ0n) is 7.82. The van der Waals surface area contributed by atoms with Crippen LogP contribution in [-0.2, 0) is 47.0 Å². The number of rotatable bonds is 3. The van der Waals surface area contributed by atoms with E-state index < -0.39 is 25.0 Å². The standard InChI is InChI=1S/C5H9O3.C2H4O2.Hg/c1-4-3-6-8-5(2)7-4;1-2(3)4;/h4-5H,1,3H2,2H3;1H3,(H,3,4);/q;;+1/p-1/t4-,5-;;/m1../s1. The molecule has 0 spiro atoms. The van der Waals surface area contributed by atoms with Crippen LogP contribution < -0.4 is 0 Å². The van der Waals surface area contributed by atoms with Crippen molar-refractivity contribution < 1.29 is 47.0 Å². The first-order chi connectivity index (χ1) is 6.18. The van der Waals surface area contributed by atoms with Gasteiger partial charge in [-0.05, 0) is 0 Å². The summed E-state index contributed by atoms with van der Waals surface area (Å²) < 4.78 is 11.2. The second-order valence-electron chi connectivity index (χ2n) is 2.84. The van der Waals surface area contributed by atoms with Crippen LogP contribution in [0.2, 0.25) is 3.93 Å². The molecule has 1 aliphatic rings. The quantitative estimate of drug-likeness (QED) is 0.535. The zero-order valence-corrected chi connectivity index (χ0v) is 13.3. The third kappa shape index (κ3) is 4.90. The van der Waals surface area contributed by atoms with Crippen molar-refractivity contribution in [3.63, 3.8) is 0 Å². The summed E-state index contributed by atoms with van der Waals surface area (Å²) in [7, 11) is 0. The summed E-state index contributed by atoms with van der Waals surface area (Å²) in [6, 6.07) is 0. The van der Waals surface area contributed by atoms with E-state index in [1.54, 1.807) is 6.92 Å². The molecule has 0 saturated carbocycles. The molecule has 0 unspecified atom stereocenters. The van der Waals surface area contributed by atoms with Crippen LogP contribution in [0.1, 0.15) is 13.8 Å². The van der Waals surface area contributed by atoms with E-state index in [1.165, 1.54) is 6.92 Å². The molecule has 0 aromatic rings. The van der Waals surface area contributed by atoms with E-state index in [9.17, 15) is 4.79 Å². The first-order valence-corrected chi connectivity index (χ1v) is 10.4. The van der Waals surface area contributed by atoms with E-state index in [-0.39, 0.29) is 18.4 Å². The SMILES string of the molecule is CC(=O)[O][Hg][CH2][C@@H]1COO[C@H](C)O1. The molecule has 1 rings (SSSR count). The molecule has 5 nitrogen and oxygen atoms in total. The van der Waals surface area contributed by atoms with Gasteiger partial charge >= 0.3 is 89.7 Å². The van der Waals surface area contributed by atoms with Gasteiger partial charge in [-0.1, -0.05) is 0 Å². The van der Waals surface area contributed by atoms with Crippen LogP contribution in [0.3, 0.4) is 0 Å². The number of carbonyl (C=O) groups excluding carboxylic acids is 1. The van der Waals surface area contributed by atoms with Gasteiger partial charge in [-0.2, -0.15) is 0 Å². The Labute approximate surface area is 89.7 Å². The van der Waals surface area contributed by atoms with E-state index in [2.05, 4.69) is 0 Å². The predicted octanol–water partition coefficient (Wildman–Crippen LogP) is 0.658. The number of ether oxygens (including phenoxy) is 1. The molecule has 1 saturated heterocycles. The van der Waals surface area contributed by atoms with Gasteiger partial charge < -0.3 is 0 Å². The fourth-order valence-electron chi connectivity index (χ4n) is 1.03. The molecule has 6 heteroatoms. The average molecular weight is 377 g/mol. The molecule has 2 atom stereocenters. The molecule has 0 radical (unpaired) electrons. The Morgan fingerprint density at radius 2 is 2.46 bits per heavy atom. The summed E-state index contributed by atoms with van der Waals surface area (Å²) in [6.45, 7) is 3.64. The van der Waals surface area contributed by atoms with Crippen LogP contribution in [-0.4, -0.2) is 25.0 Å². The van der Waals surface area contributed by atoms with Crippen molar-refractivity contribution in [2.75, 3.05) is 6.61 Å². The normalized spacial score (nSPS) is 27.8. The van der Waals surface area contributed by atoms with Crippen molar-refractivity contribution in [3.05, 3.63) is 0 Å². The summed E-state index contributed by atoms with van der Waals surface area (Å²) >= 11 is -1.52. The van der Waals surface area contributed by atoms with Crippen molar-refractivity contribution in [3.8, 4) is 0 Å². The van der Waals surface area contributed by atoms with Gasteiger partial charge in [0, 0.05) is 0 Å². The number of carbonyl (C=O) groups is 1. The van der Waals surface area contributed by atoms with Gasteiger partial charge in [-0.3, -0.25) is 0 Å². The Balaban J connectivity index is 2.10. The minimum absolute atomic E-state index is 0.0461. The summed E-state index contributed by atoms with van der Waals surface area (Å²) in [4.78, 5) is 20.0. The average Bonchev–Trinajstić information content (AvgIpc) is 2.03. The zero-order chi connectivity index (χ0) is 9.68. The van der Waals surface area contributed by atoms with Gasteiger partial charge in [0.25, 0.3) is 0 Å². The Bertz CT molecular complexity index is 174. The second-order valence-corrected chi connectivity index (χ2v) is 7.79. The molecular formula is C7H12HgO5. The molecule has 1 heterocycles. The monoisotopic (exact) mass is 378 g/mol. The third-order valence-electron chi connectivity index (χ3n) is 1.59. The fraction of sp³-hybridized carbons (Fsp3) is 0.857. The molecule has 0 aromatic heterocycles. The molecule has 0 aliphatic carbocycles. The molecule has 1 aliphatic heterocycles. The molecule has 0 aromatic carbocycles. The van der Waals surface area contributed by atoms with Crippen LogP contribution in [0.25, 0.3) is 0 Å². The van der Waals surface area contributed by atoms with Crippen molar-refractivity contribution in [2.24, 2.45) is 0 Å². The van der Waals surface area contributed by atoms with Crippen molar-refractivity contribution in [1.29, 1.82) is 0 Å². The Morgan fingerprint density at radius 3 is 3.08 bits per heavy atom. The maximum atomic E-state index is 10.5. The number of hydrogen-bond acceptors (Lipinski definition) is 5. The van der Waals surface area contributed by atoms with Crippen LogP contribution in [0, 0.1) is 0 Å². The summed E-state index contributed by atoms with van der Waals surface area (Å²) in [5.74, 6) is -0.178. The van der Waals surface area contributed by atoms with Crippen molar-refractivity contribution in [1.82, 2.24) is 0 Å². The minimum atomic E-state index is -1.52. The maximum absolute atomic E-state index is 10.5. The molecule has 0 bridgehead atoms. The molecular weight excluding hydrogens is 365 g/mol. The summed E-state index contributed by atoms with van der Waals surface area (Å²) in [5.41, 5.74) is 0. The first kappa shape index (κ1) is 11.4. The van der Waals surface area contributed by atoms with E-state index >= 15 is 0 Å². The van der Waals surface area contributed by atoms with Crippen molar-refractivity contribution in [2.45, 2.75) is 30.2 Å². The Kier molecular flexibility index (Phi) is 5.16. The Hall–Kier alpha value is 0.285. The molecule has 72 valence electrons. The van der Waals surface area contributed by atoms with Crippen LogP contribution in [0.4, 0.5) is 0 Å². The first-order valence-electron chi connectivity index (χ1n) is 4.25. The van der Waals surface area contributed by atoms with E-state index in [1.807, 2.05) is 0 Å². The van der Waals surface area contributed by atoms with Gasteiger partial charge in [0.05, 0.1) is 0 Å². The van der Waals surface area contributed by atoms with Gasteiger partial charge in [-0.25, -0.2) is 0 Å². The molecule has 13 heavy (non-hydrogen) atoms. The van der Waals surface area contributed by atoms with Crippen molar-refractivity contribution >= 4 is 5.97 Å². The topological polar surface area (TPSA) is 54.0 Å². The second kappa shape index (κ2) is 5.90. The Morgan fingerprint density at radius 1 is 1.69 bits per heavy atom.